The summed E-state index contributed by atoms with van der Waals surface area (Å²) in [6, 6.07) is 0. The molecule has 80 valence electrons. The second kappa shape index (κ2) is 5.84. The summed E-state index contributed by atoms with van der Waals surface area (Å²) in [5.74, 6) is -0.0952. The lowest BCUT2D eigenvalue weighted by Gasteiger charge is -2.29. The van der Waals surface area contributed by atoms with Crippen LogP contribution in [0.1, 0.15) is 52.4 Å². The highest BCUT2D eigenvalue weighted by atomic mass is 16.6. The van der Waals surface area contributed by atoms with Crippen molar-refractivity contribution in [2.45, 2.75) is 58.5 Å². The van der Waals surface area contributed by atoms with E-state index in [9.17, 15) is 4.79 Å². The topological polar surface area (TPSA) is 26.3 Å². The van der Waals surface area contributed by atoms with Crippen LogP contribution in [-0.2, 0) is 9.53 Å². The third-order valence-corrected chi connectivity index (χ3v) is 2.57. The van der Waals surface area contributed by atoms with Crippen LogP contribution in [0.5, 0.6) is 0 Å². The van der Waals surface area contributed by atoms with Gasteiger partial charge in [0.1, 0.15) is 6.10 Å². The molecule has 1 saturated heterocycles. The summed E-state index contributed by atoms with van der Waals surface area (Å²) in [6.07, 6.45) is 8.84. The van der Waals surface area contributed by atoms with Gasteiger partial charge in [0, 0.05) is 0 Å². The standard InChI is InChI=1S/C12H20O2/c1-3-5-7-8-10-11(9-6-4-2)14-12(10)13/h8,11H,3-7,9H2,1-2H3. The molecule has 0 spiro atoms. The molecule has 1 rings (SSSR count). The van der Waals surface area contributed by atoms with Gasteiger partial charge in [-0.15, -0.1) is 0 Å². The predicted octanol–water partition coefficient (Wildman–Crippen LogP) is 3.22. The molecule has 1 aliphatic rings. The van der Waals surface area contributed by atoms with Crippen LogP contribution >= 0.6 is 0 Å². The van der Waals surface area contributed by atoms with Crippen molar-refractivity contribution in [3.05, 3.63) is 11.6 Å². The van der Waals surface area contributed by atoms with Crippen LogP contribution in [0.15, 0.2) is 11.6 Å². The van der Waals surface area contributed by atoms with Crippen LogP contribution < -0.4 is 0 Å². The van der Waals surface area contributed by atoms with Gasteiger partial charge in [-0.1, -0.05) is 39.2 Å². The lowest BCUT2D eigenvalue weighted by Crippen LogP contribution is -2.36. The van der Waals surface area contributed by atoms with E-state index in [4.69, 9.17) is 4.74 Å². The molecule has 0 radical (unpaired) electrons. The maximum atomic E-state index is 11.1. The molecule has 0 N–H and O–H groups in total. The van der Waals surface area contributed by atoms with Gasteiger partial charge in [-0.2, -0.15) is 0 Å². The van der Waals surface area contributed by atoms with Crippen molar-refractivity contribution in [2.24, 2.45) is 0 Å². The van der Waals surface area contributed by atoms with Crippen molar-refractivity contribution in [1.82, 2.24) is 0 Å². The van der Waals surface area contributed by atoms with Crippen LogP contribution in [0.3, 0.4) is 0 Å². The van der Waals surface area contributed by atoms with E-state index in [2.05, 4.69) is 19.9 Å². The number of carbonyl (C=O) groups excluding carboxylic acids is 1. The number of carbonyl (C=O) groups is 1. The molecule has 0 aromatic rings. The number of cyclic esters (lactones) is 1. The van der Waals surface area contributed by atoms with Gasteiger partial charge >= 0.3 is 5.97 Å². The third-order valence-electron chi connectivity index (χ3n) is 2.57. The average Bonchev–Trinajstić information content (AvgIpc) is 2.19. The van der Waals surface area contributed by atoms with Gasteiger partial charge in [0.25, 0.3) is 0 Å². The van der Waals surface area contributed by atoms with Crippen molar-refractivity contribution in [3.63, 3.8) is 0 Å². The van der Waals surface area contributed by atoms with Crippen LogP contribution in [0.4, 0.5) is 0 Å². The summed E-state index contributed by atoms with van der Waals surface area (Å²) < 4.78 is 5.08. The highest BCUT2D eigenvalue weighted by Gasteiger charge is 2.34. The predicted molar refractivity (Wildman–Crippen MR) is 57.0 cm³/mol. The van der Waals surface area contributed by atoms with Gasteiger partial charge < -0.3 is 4.74 Å². The fraction of sp³-hybridized carbons (Fsp3) is 0.750. The Morgan fingerprint density at radius 1 is 1.29 bits per heavy atom. The fourth-order valence-corrected chi connectivity index (χ4v) is 1.61. The number of hydrogen-bond donors (Lipinski definition) is 0. The molecule has 14 heavy (non-hydrogen) atoms. The van der Waals surface area contributed by atoms with Crippen molar-refractivity contribution in [2.75, 3.05) is 0 Å². The van der Waals surface area contributed by atoms with E-state index in [1.165, 1.54) is 6.42 Å². The maximum absolute atomic E-state index is 11.1. The lowest BCUT2D eigenvalue weighted by molar-refractivity contribution is -0.156. The van der Waals surface area contributed by atoms with E-state index in [0.29, 0.717) is 0 Å². The Bertz CT molecular complexity index is 218. The Kier molecular flexibility index (Phi) is 4.71. The van der Waals surface area contributed by atoms with Gasteiger partial charge in [0.2, 0.25) is 0 Å². The Morgan fingerprint density at radius 2 is 2.00 bits per heavy atom. The first-order chi connectivity index (χ1) is 6.79. The number of unbranched alkanes of at least 4 members (excludes halogenated alkanes) is 3. The molecule has 0 aliphatic carbocycles. The Labute approximate surface area is 86.3 Å². The molecule has 1 fully saturated rings. The lowest BCUT2D eigenvalue weighted by atomic mass is 9.97. The first kappa shape index (κ1) is 11.3. The Hall–Kier alpha value is -0.790. The van der Waals surface area contributed by atoms with Crippen LogP contribution in [0, 0.1) is 0 Å². The van der Waals surface area contributed by atoms with E-state index >= 15 is 0 Å². The summed E-state index contributed by atoms with van der Waals surface area (Å²) >= 11 is 0. The van der Waals surface area contributed by atoms with Crippen molar-refractivity contribution in [1.29, 1.82) is 0 Å². The van der Waals surface area contributed by atoms with Crippen LogP contribution in [0.2, 0.25) is 0 Å². The SMILES string of the molecule is CCCCC=C1C(=O)OC1CCCC. The fourth-order valence-electron chi connectivity index (χ4n) is 1.61. The quantitative estimate of drug-likeness (QED) is 0.370. The average molecular weight is 196 g/mol. The molecule has 2 nitrogen and oxygen atoms in total. The highest BCUT2D eigenvalue weighted by molar-refractivity contribution is 5.95. The summed E-state index contributed by atoms with van der Waals surface area (Å²) in [4.78, 5) is 11.1. The van der Waals surface area contributed by atoms with Crippen molar-refractivity contribution >= 4 is 5.97 Å². The molecule has 1 unspecified atom stereocenters. The van der Waals surface area contributed by atoms with Crippen LogP contribution in [-0.4, -0.2) is 12.1 Å². The molecule has 1 aliphatic heterocycles. The number of esters is 1. The molecular formula is C12H20O2. The smallest absolute Gasteiger partial charge is 0.338 e. The summed E-state index contributed by atoms with van der Waals surface area (Å²) in [5, 5.41) is 0. The van der Waals surface area contributed by atoms with Gasteiger partial charge in [-0.25, -0.2) is 4.79 Å². The summed E-state index contributed by atoms with van der Waals surface area (Å²) in [7, 11) is 0. The van der Waals surface area contributed by atoms with Crippen LogP contribution in [0.25, 0.3) is 0 Å². The molecule has 2 heteroatoms. The zero-order valence-corrected chi connectivity index (χ0v) is 9.21. The Morgan fingerprint density at radius 3 is 2.57 bits per heavy atom. The molecular weight excluding hydrogens is 176 g/mol. The number of hydrogen-bond acceptors (Lipinski definition) is 2. The number of ether oxygens (including phenoxy) is 1. The van der Waals surface area contributed by atoms with E-state index in [0.717, 1.165) is 37.7 Å². The highest BCUT2D eigenvalue weighted by Crippen LogP contribution is 2.26. The summed E-state index contributed by atoms with van der Waals surface area (Å²) in [6.45, 7) is 4.31. The van der Waals surface area contributed by atoms with E-state index in [-0.39, 0.29) is 12.1 Å². The second-order valence-corrected chi connectivity index (χ2v) is 3.84. The Balaban J connectivity index is 2.32. The molecule has 1 atom stereocenters. The van der Waals surface area contributed by atoms with Gasteiger partial charge in [0.05, 0.1) is 5.57 Å². The van der Waals surface area contributed by atoms with E-state index in [1.807, 2.05) is 0 Å². The third kappa shape index (κ3) is 2.86. The zero-order chi connectivity index (χ0) is 10.4. The van der Waals surface area contributed by atoms with Gasteiger partial charge in [-0.3, -0.25) is 0 Å². The van der Waals surface area contributed by atoms with E-state index in [1.54, 1.807) is 0 Å². The zero-order valence-electron chi connectivity index (χ0n) is 9.21. The molecule has 0 aromatic heterocycles. The minimum atomic E-state index is -0.0952. The number of allylic oxidation sites excluding steroid dienone is 1. The van der Waals surface area contributed by atoms with Gasteiger partial charge in [0.15, 0.2) is 0 Å². The normalized spacial score (nSPS) is 23.4. The minimum absolute atomic E-state index is 0.0952. The van der Waals surface area contributed by atoms with Crippen molar-refractivity contribution in [3.8, 4) is 0 Å². The largest absolute Gasteiger partial charge is 0.454 e. The maximum Gasteiger partial charge on any atom is 0.338 e. The molecule has 0 bridgehead atoms. The molecule has 0 aromatic carbocycles. The van der Waals surface area contributed by atoms with Crippen molar-refractivity contribution < 1.29 is 9.53 Å². The first-order valence-electron chi connectivity index (χ1n) is 5.70. The minimum Gasteiger partial charge on any atom is -0.454 e. The second-order valence-electron chi connectivity index (χ2n) is 3.84. The molecule has 1 heterocycles. The number of rotatable bonds is 6. The molecule has 0 saturated carbocycles. The monoisotopic (exact) mass is 196 g/mol. The van der Waals surface area contributed by atoms with E-state index < -0.39 is 0 Å². The first-order valence-corrected chi connectivity index (χ1v) is 5.70. The molecule has 0 amide bonds. The summed E-state index contributed by atoms with van der Waals surface area (Å²) in [5.41, 5.74) is 0.923. The van der Waals surface area contributed by atoms with Gasteiger partial charge in [-0.05, 0) is 19.3 Å².